The molecule has 1 aromatic carbocycles. The monoisotopic (exact) mass is 517 g/mol. The lowest BCUT2D eigenvalue weighted by Crippen LogP contribution is -2.53. The summed E-state index contributed by atoms with van der Waals surface area (Å²) in [6, 6.07) is 8.34. The third kappa shape index (κ3) is 7.00. The van der Waals surface area contributed by atoms with Crippen molar-refractivity contribution in [3.05, 3.63) is 29.8 Å². The van der Waals surface area contributed by atoms with E-state index >= 15 is 0 Å². The predicted octanol–water partition coefficient (Wildman–Crippen LogP) is 3.65. The van der Waals surface area contributed by atoms with Gasteiger partial charge in [0, 0.05) is 32.8 Å². The molecule has 3 unspecified atom stereocenters. The summed E-state index contributed by atoms with van der Waals surface area (Å²) in [5.74, 6) is 2.36. The molecule has 3 atom stereocenters. The molecule has 2 heterocycles. The number of hydrogen-bond acceptors (Lipinski definition) is 4. The van der Waals surface area contributed by atoms with Gasteiger partial charge in [0.15, 0.2) is 5.96 Å². The normalized spacial score (nSPS) is 23.4. The molecular weight excluding hydrogens is 481 g/mol. The number of benzene rings is 1. The third-order valence-corrected chi connectivity index (χ3v) is 5.62. The molecular formula is C22H36IN3O3. The van der Waals surface area contributed by atoms with E-state index in [1.165, 1.54) is 5.56 Å². The lowest BCUT2D eigenvalue weighted by Gasteiger charge is -2.37. The summed E-state index contributed by atoms with van der Waals surface area (Å²) >= 11 is 0. The topological polar surface area (TPSA) is 55.3 Å². The quantitative estimate of drug-likeness (QED) is 0.340. The fraction of sp³-hybridized carbons (Fsp3) is 0.682. The molecule has 0 aromatic heterocycles. The Bertz CT molecular complexity index is 620. The second-order valence-electron chi connectivity index (χ2n) is 7.61. The number of halogens is 1. The number of aliphatic imine (C=N–C) groups is 1. The molecule has 7 heteroatoms. The summed E-state index contributed by atoms with van der Waals surface area (Å²) in [5, 5.41) is 3.46. The minimum absolute atomic E-state index is 0. The molecule has 164 valence electrons. The second kappa shape index (κ2) is 12.6. The Morgan fingerprint density at radius 3 is 2.66 bits per heavy atom. The van der Waals surface area contributed by atoms with Gasteiger partial charge in [-0.05, 0) is 49.8 Å². The van der Waals surface area contributed by atoms with Gasteiger partial charge in [-0.3, -0.25) is 4.99 Å². The molecule has 2 aliphatic rings. The van der Waals surface area contributed by atoms with E-state index in [4.69, 9.17) is 19.2 Å². The van der Waals surface area contributed by atoms with Crippen molar-refractivity contribution in [2.24, 2.45) is 4.99 Å². The molecule has 0 bridgehead atoms. The summed E-state index contributed by atoms with van der Waals surface area (Å²) in [5.41, 5.74) is 1.32. The van der Waals surface area contributed by atoms with Gasteiger partial charge in [0.05, 0.1) is 19.8 Å². The number of morpholine rings is 1. The van der Waals surface area contributed by atoms with Crippen LogP contribution in [-0.4, -0.2) is 69.6 Å². The van der Waals surface area contributed by atoms with Gasteiger partial charge in [0.25, 0.3) is 0 Å². The van der Waals surface area contributed by atoms with E-state index in [2.05, 4.69) is 36.2 Å². The lowest BCUT2D eigenvalue weighted by molar-refractivity contribution is -0.0817. The second-order valence-corrected chi connectivity index (χ2v) is 7.61. The first kappa shape index (κ1) is 24.2. The van der Waals surface area contributed by atoms with Crippen molar-refractivity contribution in [1.82, 2.24) is 10.2 Å². The van der Waals surface area contributed by atoms with Crippen molar-refractivity contribution in [3.8, 4) is 5.75 Å². The summed E-state index contributed by atoms with van der Waals surface area (Å²) in [6.07, 6.45) is 3.65. The number of methoxy groups -OCH3 is 1. The number of hydrogen-bond donors (Lipinski definition) is 1. The van der Waals surface area contributed by atoms with Crippen molar-refractivity contribution in [3.63, 3.8) is 0 Å². The molecule has 1 aromatic rings. The summed E-state index contributed by atoms with van der Waals surface area (Å²) in [4.78, 5) is 7.24. The zero-order valence-corrected chi connectivity index (χ0v) is 20.3. The average Bonchev–Trinajstić information content (AvgIpc) is 3.28. The first-order valence-corrected chi connectivity index (χ1v) is 10.6. The first-order valence-electron chi connectivity index (χ1n) is 10.6. The zero-order valence-electron chi connectivity index (χ0n) is 17.9. The molecule has 29 heavy (non-hydrogen) atoms. The van der Waals surface area contributed by atoms with Gasteiger partial charge in [-0.2, -0.15) is 0 Å². The van der Waals surface area contributed by atoms with Gasteiger partial charge < -0.3 is 24.4 Å². The van der Waals surface area contributed by atoms with E-state index in [0.717, 1.165) is 70.4 Å². The van der Waals surface area contributed by atoms with Gasteiger partial charge in [-0.25, -0.2) is 0 Å². The molecule has 0 radical (unpaired) electrons. The highest BCUT2D eigenvalue weighted by Gasteiger charge is 2.32. The fourth-order valence-electron chi connectivity index (χ4n) is 3.88. The van der Waals surface area contributed by atoms with Crippen molar-refractivity contribution in [1.29, 1.82) is 0 Å². The van der Waals surface area contributed by atoms with Crippen LogP contribution in [0.5, 0.6) is 5.75 Å². The minimum atomic E-state index is 0. The van der Waals surface area contributed by atoms with E-state index in [1.54, 1.807) is 7.11 Å². The van der Waals surface area contributed by atoms with Gasteiger partial charge >= 0.3 is 0 Å². The third-order valence-electron chi connectivity index (χ3n) is 5.62. The van der Waals surface area contributed by atoms with E-state index in [9.17, 15) is 0 Å². The predicted molar refractivity (Wildman–Crippen MR) is 128 cm³/mol. The fourth-order valence-corrected chi connectivity index (χ4v) is 3.88. The van der Waals surface area contributed by atoms with Gasteiger partial charge in [0.2, 0.25) is 0 Å². The Balaban J connectivity index is 0.00000300. The summed E-state index contributed by atoms with van der Waals surface area (Å²) in [7, 11) is 1.70. The first-order chi connectivity index (χ1) is 13.7. The summed E-state index contributed by atoms with van der Waals surface area (Å²) in [6.45, 7) is 9.37. The van der Waals surface area contributed by atoms with Crippen molar-refractivity contribution in [2.75, 3.05) is 46.5 Å². The molecule has 0 aliphatic carbocycles. The van der Waals surface area contributed by atoms with Crippen LogP contribution in [0.2, 0.25) is 0 Å². The van der Waals surface area contributed by atoms with Crippen molar-refractivity contribution >= 4 is 29.9 Å². The van der Waals surface area contributed by atoms with E-state index in [1.807, 2.05) is 12.1 Å². The van der Waals surface area contributed by atoms with E-state index in [0.29, 0.717) is 5.92 Å². The molecule has 6 nitrogen and oxygen atoms in total. The van der Waals surface area contributed by atoms with E-state index < -0.39 is 0 Å². The highest BCUT2D eigenvalue weighted by atomic mass is 127. The maximum Gasteiger partial charge on any atom is 0.194 e. The Kier molecular flexibility index (Phi) is 10.5. The molecule has 2 fully saturated rings. The van der Waals surface area contributed by atoms with Crippen LogP contribution in [0.3, 0.4) is 0 Å². The van der Waals surface area contributed by atoms with Crippen LogP contribution in [0.4, 0.5) is 0 Å². The van der Waals surface area contributed by atoms with Crippen LogP contribution in [-0.2, 0) is 9.47 Å². The van der Waals surface area contributed by atoms with Crippen LogP contribution in [0.15, 0.2) is 29.3 Å². The van der Waals surface area contributed by atoms with Crippen LogP contribution in [0.25, 0.3) is 0 Å². The van der Waals surface area contributed by atoms with Gasteiger partial charge in [0.1, 0.15) is 11.9 Å². The van der Waals surface area contributed by atoms with Crippen LogP contribution in [0.1, 0.15) is 44.6 Å². The number of rotatable bonds is 7. The zero-order chi connectivity index (χ0) is 19.8. The highest BCUT2D eigenvalue weighted by molar-refractivity contribution is 14.0. The SMILES string of the molecule is CCNC(=NCCC(C)c1ccc(OC)cc1)N1CCOC(C2CCCO2)C1.I. The molecule has 3 rings (SSSR count). The molecule has 2 saturated heterocycles. The van der Waals surface area contributed by atoms with Crippen LogP contribution in [0, 0.1) is 0 Å². The maximum atomic E-state index is 5.98. The van der Waals surface area contributed by atoms with Crippen LogP contribution >= 0.6 is 24.0 Å². The molecule has 1 N–H and O–H groups in total. The Hall–Kier alpha value is -1.06. The van der Waals surface area contributed by atoms with E-state index in [-0.39, 0.29) is 36.2 Å². The molecule has 0 amide bonds. The van der Waals surface area contributed by atoms with Gasteiger partial charge in [-0.1, -0.05) is 19.1 Å². The maximum absolute atomic E-state index is 5.98. The smallest absolute Gasteiger partial charge is 0.194 e. The largest absolute Gasteiger partial charge is 0.497 e. The van der Waals surface area contributed by atoms with Gasteiger partial charge in [-0.15, -0.1) is 24.0 Å². The minimum Gasteiger partial charge on any atom is -0.497 e. The number of nitrogens with zero attached hydrogens (tertiary/aromatic N) is 2. The number of guanidine groups is 1. The van der Waals surface area contributed by atoms with Crippen LogP contribution < -0.4 is 10.1 Å². The molecule has 0 saturated carbocycles. The Morgan fingerprint density at radius 2 is 2.00 bits per heavy atom. The highest BCUT2D eigenvalue weighted by Crippen LogP contribution is 2.23. The number of ether oxygens (including phenoxy) is 3. The summed E-state index contributed by atoms with van der Waals surface area (Å²) < 4.78 is 17.1. The van der Waals surface area contributed by atoms with Crippen molar-refractivity contribution < 1.29 is 14.2 Å². The molecule has 2 aliphatic heterocycles. The average molecular weight is 517 g/mol. The standard InChI is InChI=1S/C22H35N3O3.HI/c1-4-23-22(25-13-15-28-21(16-25)20-6-5-14-27-20)24-12-11-17(2)18-7-9-19(26-3)10-8-18;/h7-10,17,20-21H,4-6,11-16H2,1-3H3,(H,23,24);1H. The van der Waals surface area contributed by atoms with Crippen molar-refractivity contribution in [2.45, 2.75) is 51.2 Å². The number of nitrogens with one attached hydrogen (secondary N) is 1. The molecule has 0 spiro atoms. The Labute approximate surface area is 192 Å². The Morgan fingerprint density at radius 1 is 1.24 bits per heavy atom. The lowest BCUT2D eigenvalue weighted by atomic mass is 9.98.